The van der Waals surface area contributed by atoms with Crippen molar-refractivity contribution in [2.45, 2.75) is 70.5 Å². The van der Waals surface area contributed by atoms with Gasteiger partial charge < -0.3 is 10.6 Å². The third kappa shape index (κ3) is 3.23. The molecule has 3 nitrogen and oxygen atoms in total. The molecule has 0 radical (unpaired) electrons. The Balaban J connectivity index is 1.47. The van der Waals surface area contributed by atoms with Crippen LogP contribution >= 0.6 is 11.3 Å². The van der Waals surface area contributed by atoms with Gasteiger partial charge in [0, 0.05) is 29.7 Å². The number of aryl methyl sites for hydroxylation is 1. The molecule has 4 atom stereocenters. The first-order chi connectivity index (χ1) is 9.76. The molecular weight excluding hydrogens is 266 g/mol. The van der Waals surface area contributed by atoms with Gasteiger partial charge >= 0.3 is 0 Å². The highest BCUT2D eigenvalue weighted by Crippen LogP contribution is 2.33. The highest BCUT2D eigenvalue weighted by atomic mass is 32.1. The van der Waals surface area contributed by atoms with Crippen LogP contribution in [0.1, 0.15) is 61.9 Å². The molecule has 0 spiro atoms. The minimum Gasteiger partial charge on any atom is -0.310 e. The summed E-state index contributed by atoms with van der Waals surface area (Å²) in [4.78, 5) is 5.93. The summed E-state index contributed by atoms with van der Waals surface area (Å²) in [6.07, 6.45) is 10.2. The van der Waals surface area contributed by atoms with Crippen molar-refractivity contribution < 1.29 is 0 Å². The van der Waals surface area contributed by atoms with Gasteiger partial charge in [-0.2, -0.15) is 0 Å². The van der Waals surface area contributed by atoms with Crippen LogP contribution in [0.3, 0.4) is 0 Å². The summed E-state index contributed by atoms with van der Waals surface area (Å²) in [7, 11) is 0. The normalized spacial score (nSPS) is 31.2. The topological polar surface area (TPSA) is 37.0 Å². The summed E-state index contributed by atoms with van der Waals surface area (Å²) in [6.45, 7) is 5.51. The van der Waals surface area contributed by atoms with Crippen LogP contribution in [0.25, 0.3) is 0 Å². The van der Waals surface area contributed by atoms with E-state index in [-0.39, 0.29) is 0 Å². The summed E-state index contributed by atoms with van der Waals surface area (Å²) >= 11 is 1.85. The molecular formula is C16H27N3S. The molecule has 0 amide bonds. The molecule has 2 N–H and O–H groups in total. The maximum absolute atomic E-state index is 4.54. The molecule has 2 aliphatic rings. The van der Waals surface area contributed by atoms with E-state index in [1.165, 1.54) is 42.0 Å². The first-order valence-electron chi connectivity index (χ1n) is 8.20. The highest BCUT2D eigenvalue weighted by molar-refractivity contribution is 7.11. The van der Waals surface area contributed by atoms with Crippen LogP contribution in [-0.4, -0.2) is 23.6 Å². The van der Waals surface area contributed by atoms with E-state index < -0.39 is 0 Å². The van der Waals surface area contributed by atoms with Crippen molar-refractivity contribution in [3.63, 3.8) is 0 Å². The summed E-state index contributed by atoms with van der Waals surface area (Å²) in [5.41, 5.74) is 0. The fraction of sp³-hybridized carbons (Fsp3) is 0.812. The number of hydrogen-bond acceptors (Lipinski definition) is 4. The second kappa shape index (κ2) is 6.54. The lowest BCUT2D eigenvalue weighted by molar-refractivity contribution is 0.325. The largest absolute Gasteiger partial charge is 0.310 e. The summed E-state index contributed by atoms with van der Waals surface area (Å²) in [6, 6.07) is 1.85. The molecule has 3 rings (SSSR count). The van der Waals surface area contributed by atoms with Gasteiger partial charge in [-0.05, 0) is 38.5 Å². The van der Waals surface area contributed by atoms with Crippen LogP contribution < -0.4 is 10.6 Å². The third-order valence-electron chi connectivity index (χ3n) is 4.91. The summed E-state index contributed by atoms with van der Waals surface area (Å²) in [5.74, 6) is 0.942. The molecule has 1 saturated carbocycles. The average molecular weight is 293 g/mol. The molecule has 2 heterocycles. The molecule has 1 aromatic heterocycles. The van der Waals surface area contributed by atoms with Crippen LogP contribution in [0.2, 0.25) is 0 Å². The number of hydrogen-bond donors (Lipinski definition) is 2. The van der Waals surface area contributed by atoms with Crippen molar-refractivity contribution in [1.82, 2.24) is 15.6 Å². The Bertz CT molecular complexity index is 417. The SMILES string of the molecule is CCc1cnc(C(C)NCC2CC3CCCCC3N2)s1. The predicted octanol–water partition coefficient (Wildman–Crippen LogP) is 3.28. The van der Waals surface area contributed by atoms with Gasteiger partial charge in [-0.1, -0.05) is 19.8 Å². The number of thiazole rings is 1. The molecule has 4 heteroatoms. The minimum atomic E-state index is 0.379. The van der Waals surface area contributed by atoms with Gasteiger partial charge in [0.2, 0.25) is 0 Å². The Morgan fingerprint density at radius 1 is 1.45 bits per heavy atom. The third-order valence-corrected chi connectivity index (χ3v) is 6.23. The molecule has 20 heavy (non-hydrogen) atoms. The van der Waals surface area contributed by atoms with Gasteiger partial charge in [0.05, 0.1) is 6.04 Å². The molecule has 1 aliphatic carbocycles. The molecule has 4 unspecified atom stereocenters. The van der Waals surface area contributed by atoms with Gasteiger partial charge in [-0.15, -0.1) is 11.3 Å². The summed E-state index contributed by atoms with van der Waals surface area (Å²) in [5, 5.41) is 8.74. The van der Waals surface area contributed by atoms with E-state index in [0.717, 1.165) is 24.9 Å². The van der Waals surface area contributed by atoms with E-state index in [4.69, 9.17) is 0 Å². The van der Waals surface area contributed by atoms with Gasteiger partial charge in [-0.25, -0.2) is 4.98 Å². The Morgan fingerprint density at radius 2 is 2.30 bits per heavy atom. The number of nitrogens with one attached hydrogen (secondary N) is 2. The highest BCUT2D eigenvalue weighted by Gasteiger charge is 2.34. The van der Waals surface area contributed by atoms with Crippen molar-refractivity contribution in [2.75, 3.05) is 6.54 Å². The van der Waals surface area contributed by atoms with E-state index in [1.807, 2.05) is 17.5 Å². The molecule has 0 aromatic carbocycles. The molecule has 1 aliphatic heterocycles. The minimum absolute atomic E-state index is 0.379. The van der Waals surface area contributed by atoms with Gasteiger partial charge in [0.15, 0.2) is 0 Å². The zero-order valence-corrected chi connectivity index (χ0v) is 13.5. The lowest BCUT2D eigenvalue weighted by atomic mass is 9.85. The quantitative estimate of drug-likeness (QED) is 0.875. The van der Waals surface area contributed by atoms with Crippen molar-refractivity contribution in [3.8, 4) is 0 Å². The zero-order valence-electron chi connectivity index (χ0n) is 12.7. The Kier molecular flexibility index (Phi) is 4.74. The first kappa shape index (κ1) is 14.5. The van der Waals surface area contributed by atoms with Gasteiger partial charge in [-0.3, -0.25) is 0 Å². The fourth-order valence-electron chi connectivity index (χ4n) is 3.68. The number of fused-ring (bicyclic) bond motifs is 1. The van der Waals surface area contributed by atoms with Crippen molar-refractivity contribution in [1.29, 1.82) is 0 Å². The van der Waals surface area contributed by atoms with Crippen LogP contribution in [0.15, 0.2) is 6.20 Å². The Morgan fingerprint density at radius 3 is 3.05 bits per heavy atom. The molecule has 1 aromatic rings. The van der Waals surface area contributed by atoms with E-state index in [9.17, 15) is 0 Å². The fourth-order valence-corrected chi connectivity index (χ4v) is 4.56. The van der Waals surface area contributed by atoms with Crippen molar-refractivity contribution in [2.24, 2.45) is 5.92 Å². The number of aromatic nitrogens is 1. The van der Waals surface area contributed by atoms with Gasteiger partial charge in [0.1, 0.15) is 5.01 Å². The van der Waals surface area contributed by atoms with Crippen LogP contribution in [0.4, 0.5) is 0 Å². The van der Waals surface area contributed by atoms with E-state index in [0.29, 0.717) is 12.1 Å². The van der Waals surface area contributed by atoms with E-state index in [2.05, 4.69) is 29.5 Å². The monoisotopic (exact) mass is 293 g/mol. The van der Waals surface area contributed by atoms with Crippen LogP contribution in [-0.2, 0) is 6.42 Å². The molecule has 112 valence electrons. The summed E-state index contributed by atoms with van der Waals surface area (Å²) < 4.78 is 0. The van der Waals surface area contributed by atoms with Crippen LogP contribution in [0, 0.1) is 5.92 Å². The smallest absolute Gasteiger partial charge is 0.109 e. The van der Waals surface area contributed by atoms with Gasteiger partial charge in [0.25, 0.3) is 0 Å². The number of rotatable bonds is 5. The predicted molar refractivity (Wildman–Crippen MR) is 85.2 cm³/mol. The second-order valence-electron chi connectivity index (χ2n) is 6.40. The lowest BCUT2D eigenvalue weighted by Crippen LogP contribution is -2.39. The standard InChI is InChI=1S/C16H27N3S/c1-3-14-10-18-16(20-14)11(2)17-9-13-8-12-6-4-5-7-15(12)19-13/h10-13,15,17,19H,3-9H2,1-2H3. The Labute approximate surface area is 126 Å². The van der Waals surface area contributed by atoms with Crippen LogP contribution in [0.5, 0.6) is 0 Å². The maximum atomic E-state index is 4.54. The van der Waals surface area contributed by atoms with E-state index in [1.54, 1.807) is 0 Å². The maximum Gasteiger partial charge on any atom is 0.109 e. The van der Waals surface area contributed by atoms with Crippen molar-refractivity contribution >= 4 is 11.3 Å². The molecule has 2 fully saturated rings. The molecule has 0 bridgehead atoms. The Hall–Kier alpha value is -0.450. The first-order valence-corrected chi connectivity index (χ1v) is 9.02. The average Bonchev–Trinajstić information content (AvgIpc) is 3.10. The van der Waals surface area contributed by atoms with Crippen molar-refractivity contribution in [3.05, 3.63) is 16.1 Å². The molecule has 1 saturated heterocycles. The lowest BCUT2D eigenvalue weighted by Gasteiger charge is -2.24. The zero-order chi connectivity index (χ0) is 13.9. The van der Waals surface area contributed by atoms with E-state index >= 15 is 0 Å². The second-order valence-corrected chi connectivity index (χ2v) is 7.55. The number of nitrogens with zero attached hydrogens (tertiary/aromatic N) is 1.